The van der Waals surface area contributed by atoms with Gasteiger partial charge in [0.2, 0.25) is 0 Å². The van der Waals surface area contributed by atoms with Crippen molar-refractivity contribution in [3.63, 3.8) is 0 Å². The lowest BCUT2D eigenvalue weighted by molar-refractivity contribution is -0.385. The van der Waals surface area contributed by atoms with Gasteiger partial charge in [-0.2, -0.15) is 0 Å². The van der Waals surface area contributed by atoms with E-state index in [2.05, 4.69) is 5.32 Å². The number of benzene rings is 2. The van der Waals surface area contributed by atoms with Crippen molar-refractivity contribution in [1.82, 2.24) is 10.2 Å². The lowest BCUT2D eigenvalue weighted by atomic mass is 10.1. The zero-order valence-corrected chi connectivity index (χ0v) is 14.5. The molecule has 3 amide bonds. The first kappa shape index (κ1) is 17.6. The van der Waals surface area contributed by atoms with E-state index in [0.717, 1.165) is 10.5 Å². The maximum absolute atomic E-state index is 12.5. The van der Waals surface area contributed by atoms with Crippen LogP contribution >= 0.6 is 11.6 Å². The van der Waals surface area contributed by atoms with Crippen LogP contribution in [0, 0.1) is 17.0 Å². The van der Waals surface area contributed by atoms with Gasteiger partial charge >= 0.3 is 6.03 Å². The second-order valence-corrected chi connectivity index (χ2v) is 6.25. The van der Waals surface area contributed by atoms with Crippen LogP contribution in [0.2, 0.25) is 5.02 Å². The molecule has 8 heteroatoms. The van der Waals surface area contributed by atoms with E-state index in [-0.39, 0.29) is 17.9 Å². The Labute approximate surface area is 154 Å². The Bertz CT molecular complexity index is 938. The summed E-state index contributed by atoms with van der Waals surface area (Å²) in [6.07, 6.45) is 1.43. The summed E-state index contributed by atoms with van der Waals surface area (Å²) in [6, 6.07) is 10.9. The average molecular weight is 372 g/mol. The van der Waals surface area contributed by atoms with Crippen LogP contribution in [0.5, 0.6) is 0 Å². The fourth-order valence-corrected chi connectivity index (χ4v) is 2.69. The molecule has 0 spiro atoms. The van der Waals surface area contributed by atoms with Gasteiger partial charge in [-0.15, -0.1) is 0 Å². The van der Waals surface area contributed by atoms with Gasteiger partial charge in [-0.3, -0.25) is 19.8 Å². The van der Waals surface area contributed by atoms with Crippen molar-refractivity contribution in [2.75, 3.05) is 0 Å². The summed E-state index contributed by atoms with van der Waals surface area (Å²) in [7, 11) is 0. The lowest BCUT2D eigenvalue weighted by Gasteiger charge is -2.11. The molecule has 0 unspecified atom stereocenters. The van der Waals surface area contributed by atoms with Crippen LogP contribution in [-0.2, 0) is 11.3 Å². The molecule has 1 aliphatic heterocycles. The van der Waals surface area contributed by atoms with Gasteiger partial charge in [-0.1, -0.05) is 35.9 Å². The highest BCUT2D eigenvalue weighted by molar-refractivity contribution is 6.30. The highest BCUT2D eigenvalue weighted by Crippen LogP contribution is 2.22. The molecule has 1 N–H and O–H groups in total. The van der Waals surface area contributed by atoms with Gasteiger partial charge in [-0.25, -0.2) is 4.79 Å². The van der Waals surface area contributed by atoms with E-state index in [1.165, 1.54) is 12.1 Å². The summed E-state index contributed by atoms with van der Waals surface area (Å²) in [6.45, 7) is 1.73. The first-order valence-electron chi connectivity index (χ1n) is 7.69. The van der Waals surface area contributed by atoms with Gasteiger partial charge in [0.25, 0.3) is 11.6 Å². The van der Waals surface area contributed by atoms with Crippen LogP contribution in [0.15, 0.2) is 48.2 Å². The maximum Gasteiger partial charge on any atom is 0.329 e. The highest BCUT2D eigenvalue weighted by atomic mass is 35.5. The molecular weight excluding hydrogens is 358 g/mol. The van der Waals surface area contributed by atoms with Crippen LogP contribution < -0.4 is 5.32 Å². The smallest absolute Gasteiger partial charge is 0.303 e. The number of nitro benzene ring substituents is 1. The summed E-state index contributed by atoms with van der Waals surface area (Å²) in [5, 5.41) is 14.1. The minimum absolute atomic E-state index is 0.0471. The molecule has 2 aromatic carbocycles. The molecule has 0 radical (unpaired) electrons. The van der Waals surface area contributed by atoms with Crippen molar-refractivity contribution in [1.29, 1.82) is 0 Å². The van der Waals surface area contributed by atoms with Crippen LogP contribution in [0.1, 0.15) is 16.7 Å². The van der Waals surface area contributed by atoms with E-state index in [1.807, 2.05) is 0 Å². The summed E-state index contributed by atoms with van der Waals surface area (Å²) >= 11 is 5.83. The first-order valence-corrected chi connectivity index (χ1v) is 8.07. The number of rotatable bonds is 4. The molecule has 1 heterocycles. The molecule has 0 atom stereocenters. The van der Waals surface area contributed by atoms with Crippen molar-refractivity contribution < 1.29 is 14.5 Å². The lowest BCUT2D eigenvalue weighted by Crippen LogP contribution is -2.30. The minimum atomic E-state index is -0.544. The number of hydrogen-bond acceptors (Lipinski definition) is 4. The Morgan fingerprint density at radius 2 is 1.88 bits per heavy atom. The largest absolute Gasteiger partial charge is 0.329 e. The van der Waals surface area contributed by atoms with E-state index in [9.17, 15) is 19.7 Å². The standard InChI is InChI=1S/C18H14ClN3O4/c1-11-2-3-13(9-16(11)22(25)26)8-15-17(23)21(18(24)20-15)10-12-4-6-14(19)7-5-12/h2-9H,10H2,1H3,(H,20,24)/b15-8-. The highest BCUT2D eigenvalue weighted by Gasteiger charge is 2.33. The number of halogens is 1. The molecule has 0 saturated carbocycles. The Kier molecular flexibility index (Phi) is 4.73. The second kappa shape index (κ2) is 6.97. The van der Waals surface area contributed by atoms with Crippen molar-refractivity contribution in [2.45, 2.75) is 13.5 Å². The zero-order chi connectivity index (χ0) is 18.8. The molecule has 0 aliphatic carbocycles. The monoisotopic (exact) mass is 371 g/mol. The molecule has 0 aromatic heterocycles. The van der Waals surface area contributed by atoms with E-state index >= 15 is 0 Å². The van der Waals surface area contributed by atoms with Gasteiger partial charge < -0.3 is 5.32 Å². The number of imide groups is 1. The van der Waals surface area contributed by atoms with Crippen molar-refractivity contribution in [3.05, 3.63) is 80.0 Å². The molecule has 0 bridgehead atoms. The number of amides is 3. The number of hydrogen-bond donors (Lipinski definition) is 1. The van der Waals surface area contributed by atoms with Crippen LogP contribution in [0.3, 0.4) is 0 Å². The van der Waals surface area contributed by atoms with Crippen molar-refractivity contribution >= 4 is 35.3 Å². The van der Waals surface area contributed by atoms with E-state index < -0.39 is 16.9 Å². The number of carbonyl (C=O) groups is 2. The van der Waals surface area contributed by atoms with E-state index in [0.29, 0.717) is 16.1 Å². The Balaban J connectivity index is 1.84. The Hall–Kier alpha value is -3.19. The number of urea groups is 1. The van der Waals surface area contributed by atoms with Gasteiger partial charge in [0.05, 0.1) is 11.5 Å². The number of nitrogens with one attached hydrogen (secondary N) is 1. The fourth-order valence-electron chi connectivity index (χ4n) is 2.57. The maximum atomic E-state index is 12.5. The van der Waals surface area contributed by atoms with Crippen LogP contribution in [0.25, 0.3) is 6.08 Å². The van der Waals surface area contributed by atoms with E-state index in [4.69, 9.17) is 11.6 Å². The van der Waals surface area contributed by atoms with Gasteiger partial charge in [-0.05, 0) is 36.3 Å². The summed E-state index contributed by atoms with van der Waals surface area (Å²) in [5.74, 6) is -0.492. The molecule has 1 fully saturated rings. The number of carbonyl (C=O) groups excluding carboxylic acids is 2. The number of nitro groups is 1. The third kappa shape index (κ3) is 3.57. The SMILES string of the molecule is Cc1ccc(/C=C2\NC(=O)N(Cc3ccc(Cl)cc3)C2=O)cc1[N+](=O)[O-]. The van der Waals surface area contributed by atoms with Gasteiger partial charge in [0, 0.05) is 16.7 Å². The third-order valence-corrected chi connectivity index (χ3v) is 4.21. The molecule has 3 rings (SSSR count). The summed E-state index contributed by atoms with van der Waals surface area (Å²) < 4.78 is 0. The van der Waals surface area contributed by atoms with Crippen LogP contribution in [-0.4, -0.2) is 21.8 Å². The molecule has 7 nitrogen and oxygen atoms in total. The quantitative estimate of drug-likeness (QED) is 0.384. The number of aryl methyl sites for hydroxylation is 1. The molecule has 1 aliphatic rings. The average Bonchev–Trinajstić information content (AvgIpc) is 2.85. The second-order valence-electron chi connectivity index (χ2n) is 5.81. The summed E-state index contributed by atoms with van der Waals surface area (Å²) in [5.41, 5.74) is 1.75. The van der Waals surface area contributed by atoms with Gasteiger partial charge in [0.15, 0.2) is 0 Å². The third-order valence-electron chi connectivity index (χ3n) is 3.96. The number of nitrogens with zero attached hydrogens (tertiary/aromatic N) is 2. The fraction of sp³-hybridized carbons (Fsp3) is 0.111. The molecule has 132 valence electrons. The predicted molar refractivity (Wildman–Crippen MR) is 96.3 cm³/mol. The first-order chi connectivity index (χ1) is 12.3. The predicted octanol–water partition coefficient (Wildman–Crippen LogP) is 3.65. The topological polar surface area (TPSA) is 92.6 Å². The molecule has 1 saturated heterocycles. The summed E-state index contributed by atoms with van der Waals surface area (Å²) in [4.78, 5) is 36.2. The molecule has 26 heavy (non-hydrogen) atoms. The molecular formula is C18H14ClN3O4. The van der Waals surface area contributed by atoms with E-state index in [1.54, 1.807) is 43.3 Å². The Morgan fingerprint density at radius 3 is 2.54 bits per heavy atom. The Morgan fingerprint density at radius 1 is 1.19 bits per heavy atom. The van der Waals surface area contributed by atoms with Crippen molar-refractivity contribution in [3.8, 4) is 0 Å². The minimum Gasteiger partial charge on any atom is -0.303 e. The van der Waals surface area contributed by atoms with Gasteiger partial charge in [0.1, 0.15) is 5.70 Å². The van der Waals surface area contributed by atoms with Crippen LogP contribution in [0.4, 0.5) is 10.5 Å². The normalized spacial score (nSPS) is 15.5. The van der Waals surface area contributed by atoms with Crippen molar-refractivity contribution in [2.24, 2.45) is 0 Å². The zero-order valence-electron chi connectivity index (χ0n) is 13.7. The molecule has 2 aromatic rings.